The molecule has 0 aliphatic rings. The topological polar surface area (TPSA) is 25.4 Å². The first-order valence-electron chi connectivity index (χ1n) is 6.06. The van der Waals surface area contributed by atoms with E-state index in [-0.39, 0.29) is 11.6 Å². The fourth-order valence-corrected chi connectivity index (χ4v) is 2.23. The highest BCUT2D eigenvalue weighted by Gasteiger charge is 2.08. The van der Waals surface area contributed by atoms with Crippen LogP contribution in [-0.4, -0.2) is 37.1 Å². The summed E-state index contributed by atoms with van der Waals surface area (Å²) in [4.78, 5) is 6.33. The summed E-state index contributed by atoms with van der Waals surface area (Å²) in [7, 11) is 3.90. The number of nitrogens with zero attached hydrogens (tertiary/aromatic N) is 2. The molecule has 3 nitrogen and oxygen atoms in total. The summed E-state index contributed by atoms with van der Waals surface area (Å²) in [5.74, 6) is -0.0561. The Hall–Kier alpha value is -1.46. The van der Waals surface area contributed by atoms with Crippen LogP contribution in [0.1, 0.15) is 5.01 Å². The molecule has 5 heteroatoms. The molecule has 0 atom stereocenters. The summed E-state index contributed by atoms with van der Waals surface area (Å²) in [6, 6.07) is 4.97. The van der Waals surface area contributed by atoms with E-state index in [1.54, 1.807) is 17.4 Å². The molecule has 0 radical (unpaired) electrons. The average molecular weight is 280 g/mol. The summed E-state index contributed by atoms with van der Waals surface area (Å²) >= 11 is 1.56. The molecular weight excluding hydrogens is 263 g/mol. The maximum absolute atomic E-state index is 13.9. The highest BCUT2D eigenvalue weighted by molar-refractivity contribution is 7.09. The molecule has 0 fully saturated rings. The lowest BCUT2D eigenvalue weighted by atomic mass is 10.1. The Morgan fingerprint density at radius 3 is 2.74 bits per heavy atom. The zero-order chi connectivity index (χ0) is 13.8. The first kappa shape index (κ1) is 14.0. The van der Waals surface area contributed by atoms with Gasteiger partial charge in [-0.05, 0) is 39.2 Å². The Balaban J connectivity index is 2.09. The molecule has 0 spiro atoms. The maximum Gasteiger partial charge on any atom is 0.165 e. The third kappa shape index (κ3) is 3.75. The molecular formula is C14H17FN2OS. The number of aromatic nitrogens is 1. The zero-order valence-corrected chi connectivity index (χ0v) is 12.1. The quantitative estimate of drug-likeness (QED) is 0.841. The van der Waals surface area contributed by atoms with Crippen molar-refractivity contribution < 1.29 is 9.13 Å². The number of rotatable bonds is 5. The molecule has 2 aromatic rings. The molecule has 0 saturated heterocycles. The van der Waals surface area contributed by atoms with E-state index in [0.29, 0.717) is 6.61 Å². The molecule has 0 aliphatic heterocycles. The van der Waals surface area contributed by atoms with Gasteiger partial charge < -0.3 is 9.64 Å². The third-order valence-corrected chi connectivity index (χ3v) is 3.42. The van der Waals surface area contributed by atoms with E-state index >= 15 is 0 Å². The zero-order valence-electron chi connectivity index (χ0n) is 11.3. The largest absolute Gasteiger partial charge is 0.489 e. The number of thiazole rings is 1. The minimum atomic E-state index is -0.345. The molecule has 0 aliphatic carbocycles. The monoisotopic (exact) mass is 280 g/mol. The standard InChI is InChI=1S/C14H17FN2OS/c1-10-16-13(9-19-10)11-4-5-14(12(15)8-11)18-7-6-17(2)3/h4-5,8-9H,6-7H2,1-3H3. The minimum Gasteiger partial charge on any atom is -0.489 e. The van der Waals surface area contributed by atoms with Gasteiger partial charge >= 0.3 is 0 Å². The Bertz CT molecular complexity index is 554. The Labute approximate surface area is 116 Å². The predicted molar refractivity (Wildman–Crippen MR) is 76.3 cm³/mol. The van der Waals surface area contributed by atoms with E-state index in [4.69, 9.17) is 4.74 Å². The summed E-state index contributed by atoms with van der Waals surface area (Å²) in [6.45, 7) is 3.16. The second kappa shape index (κ2) is 6.12. The van der Waals surface area contributed by atoms with Gasteiger partial charge in [0.25, 0.3) is 0 Å². The molecule has 102 valence electrons. The van der Waals surface area contributed by atoms with Crippen molar-refractivity contribution in [2.45, 2.75) is 6.92 Å². The van der Waals surface area contributed by atoms with E-state index < -0.39 is 0 Å². The predicted octanol–water partition coefficient (Wildman–Crippen LogP) is 3.20. The highest BCUT2D eigenvalue weighted by atomic mass is 32.1. The van der Waals surface area contributed by atoms with Crippen molar-refractivity contribution in [1.29, 1.82) is 0 Å². The van der Waals surface area contributed by atoms with Gasteiger partial charge in [0.15, 0.2) is 11.6 Å². The van der Waals surface area contributed by atoms with E-state index in [0.717, 1.165) is 22.8 Å². The molecule has 1 aromatic carbocycles. The second-order valence-electron chi connectivity index (χ2n) is 4.55. The van der Waals surface area contributed by atoms with Crippen molar-refractivity contribution in [3.05, 3.63) is 34.4 Å². The van der Waals surface area contributed by atoms with Crippen LogP contribution in [0.5, 0.6) is 5.75 Å². The van der Waals surface area contributed by atoms with Crippen molar-refractivity contribution in [2.24, 2.45) is 0 Å². The van der Waals surface area contributed by atoms with Crippen LogP contribution in [0.25, 0.3) is 11.3 Å². The number of likely N-dealkylation sites (N-methyl/N-ethyl adjacent to an activating group) is 1. The van der Waals surface area contributed by atoms with Gasteiger partial charge in [-0.3, -0.25) is 0 Å². The molecule has 2 rings (SSSR count). The Kier molecular flexibility index (Phi) is 4.50. The normalized spacial score (nSPS) is 11.0. The van der Waals surface area contributed by atoms with E-state index in [9.17, 15) is 4.39 Å². The van der Waals surface area contributed by atoms with Crippen molar-refractivity contribution >= 4 is 11.3 Å². The summed E-state index contributed by atoms with van der Waals surface area (Å²) in [5, 5.41) is 2.90. The third-order valence-electron chi connectivity index (χ3n) is 2.64. The van der Waals surface area contributed by atoms with Crippen LogP contribution in [0.3, 0.4) is 0 Å². The van der Waals surface area contributed by atoms with Crippen LogP contribution in [-0.2, 0) is 0 Å². The van der Waals surface area contributed by atoms with E-state index in [1.807, 2.05) is 37.4 Å². The van der Waals surface area contributed by atoms with Crippen LogP contribution in [0.2, 0.25) is 0 Å². The molecule has 0 saturated carbocycles. The SMILES string of the molecule is Cc1nc(-c2ccc(OCCN(C)C)c(F)c2)cs1. The molecule has 0 N–H and O–H groups in total. The second-order valence-corrected chi connectivity index (χ2v) is 5.61. The number of halogens is 1. The minimum absolute atomic E-state index is 0.289. The first-order chi connectivity index (χ1) is 9.06. The molecule has 1 aromatic heterocycles. The number of hydrogen-bond donors (Lipinski definition) is 0. The highest BCUT2D eigenvalue weighted by Crippen LogP contribution is 2.26. The smallest absolute Gasteiger partial charge is 0.165 e. The van der Waals surface area contributed by atoms with Crippen molar-refractivity contribution in [3.63, 3.8) is 0 Å². The van der Waals surface area contributed by atoms with Gasteiger partial charge in [0.05, 0.1) is 10.7 Å². The molecule has 1 heterocycles. The number of aryl methyl sites for hydroxylation is 1. The van der Waals surface area contributed by atoms with Crippen molar-refractivity contribution in [2.75, 3.05) is 27.2 Å². The van der Waals surface area contributed by atoms with E-state index in [1.165, 1.54) is 6.07 Å². The average Bonchev–Trinajstić information content (AvgIpc) is 2.77. The van der Waals surface area contributed by atoms with Crippen LogP contribution in [0, 0.1) is 12.7 Å². The van der Waals surface area contributed by atoms with Crippen LogP contribution < -0.4 is 4.74 Å². The van der Waals surface area contributed by atoms with Crippen LogP contribution >= 0.6 is 11.3 Å². The molecule has 0 amide bonds. The van der Waals surface area contributed by atoms with Crippen molar-refractivity contribution in [1.82, 2.24) is 9.88 Å². The fourth-order valence-electron chi connectivity index (χ4n) is 1.61. The summed E-state index contributed by atoms with van der Waals surface area (Å²) < 4.78 is 19.3. The molecule has 19 heavy (non-hydrogen) atoms. The van der Waals surface area contributed by atoms with Gasteiger partial charge in [0, 0.05) is 17.5 Å². The first-order valence-corrected chi connectivity index (χ1v) is 6.94. The molecule has 0 unspecified atom stereocenters. The lowest BCUT2D eigenvalue weighted by Crippen LogP contribution is -2.19. The summed E-state index contributed by atoms with van der Waals surface area (Å²) in [6.07, 6.45) is 0. The van der Waals surface area contributed by atoms with Gasteiger partial charge in [-0.2, -0.15) is 0 Å². The van der Waals surface area contributed by atoms with Crippen molar-refractivity contribution in [3.8, 4) is 17.0 Å². The lowest BCUT2D eigenvalue weighted by molar-refractivity contribution is 0.252. The Morgan fingerprint density at radius 2 is 2.16 bits per heavy atom. The van der Waals surface area contributed by atoms with Crippen LogP contribution in [0.15, 0.2) is 23.6 Å². The lowest BCUT2D eigenvalue weighted by Gasteiger charge is -2.11. The van der Waals surface area contributed by atoms with Crippen LogP contribution in [0.4, 0.5) is 4.39 Å². The number of hydrogen-bond acceptors (Lipinski definition) is 4. The molecule has 0 bridgehead atoms. The van der Waals surface area contributed by atoms with Gasteiger partial charge in [0.1, 0.15) is 6.61 Å². The fraction of sp³-hybridized carbons (Fsp3) is 0.357. The van der Waals surface area contributed by atoms with Gasteiger partial charge in [0.2, 0.25) is 0 Å². The van der Waals surface area contributed by atoms with E-state index in [2.05, 4.69) is 4.98 Å². The van der Waals surface area contributed by atoms with Gasteiger partial charge in [-0.1, -0.05) is 0 Å². The maximum atomic E-state index is 13.9. The van der Waals surface area contributed by atoms with Gasteiger partial charge in [-0.25, -0.2) is 9.37 Å². The summed E-state index contributed by atoms with van der Waals surface area (Å²) in [5.41, 5.74) is 1.59. The number of benzene rings is 1. The van der Waals surface area contributed by atoms with Gasteiger partial charge in [-0.15, -0.1) is 11.3 Å². The number of ether oxygens (including phenoxy) is 1. The Morgan fingerprint density at radius 1 is 1.37 bits per heavy atom.